The van der Waals surface area contributed by atoms with Gasteiger partial charge in [-0.3, -0.25) is 9.69 Å². The molecule has 3 nitrogen and oxygen atoms in total. The van der Waals surface area contributed by atoms with Gasteiger partial charge in [0.05, 0.1) is 6.54 Å². The van der Waals surface area contributed by atoms with Gasteiger partial charge >= 0.3 is 0 Å². The molecule has 1 fully saturated rings. The van der Waals surface area contributed by atoms with E-state index in [1.807, 2.05) is 0 Å². The molecule has 1 aromatic rings. The van der Waals surface area contributed by atoms with E-state index in [0.717, 1.165) is 19.0 Å². The Kier molecular flexibility index (Phi) is 3.79. The number of likely N-dealkylation sites (tertiary alicyclic amines) is 1. The molecule has 2 rings (SSSR count). The first-order valence-electron chi connectivity index (χ1n) is 6.23. The highest BCUT2D eigenvalue weighted by molar-refractivity contribution is 5.97. The number of phenolic OH excluding ortho intramolecular Hbond substituents is 1. The summed E-state index contributed by atoms with van der Waals surface area (Å²) in [7, 11) is 0. The molecular weight excluding hydrogens is 214 g/mol. The van der Waals surface area contributed by atoms with E-state index in [9.17, 15) is 4.79 Å². The van der Waals surface area contributed by atoms with Crippen LogP contribution in [0.3, 0.4) is 0 Å². The Bertz CT molecular complexity index is 386. The summed E-state index contributed by atoms with van der Waals surface area (Å²) in [4.78, 5) is 14.2. The summed E-state index contributed by atoms with van der Waals surface area (Å²) >= 11 is 0. The fourth-order valence-corrected chi connectivity index (χ4v) is 2.33. The van der Waals surface area contributed by atoms with E-state index in [0.29, 0.717) is 12.1 Å². The van der Waals surface area contributed by atoms with Crippen LogP contribution in [-0.2, 0) is 0 Å². The lowest BCUT2D eigenvalue weighted by molar-refractivity contribution is 0.0943. The molecule has 1 aliphatic rings. The largest absolute Gasteiger partial charge is 0.508 e. The second-order valence-corrected chi connectivity index (χ2v) is 4.77. The summed E-state index contributed by atoms with van der Waals surface area (Å²) in [6, 6.07) is 6.49. The molecule has 1 heterocycles. The molecule has 0 aromatic heterocycles. The second-order valence-electron chi connectivity index (χ2n) is 4.77. The van der Waals surface area contributed by atoms with Crippen molar-refractivity contribution < 1.29 is 9.90 Å². The first kappa shape index (κ1) is 12.1. The van der Waals surface area contributed by atoms with Gasteiger partial charge in [0.2, 0.25) is 0 Å². The van der Waals surface area contributed by atoms with Crippen molar-refractivity contribution in [3.8, 4) is 5.75 Å². The normalized spacial score (nSPS) is 20.6. The molecule has 0 spiro atoms. The molecule has 1 unspecified atom stereocenters. The number of nitrogens with zero attached hydrogens (tertiary/aromatic N) is 1. The zero-order valence-corrected chi connectivity index (χ0v) is 10.2. The number of Topliss-reactive ketones (excluding diaryl/α,β-unsaturated/α-hetero) is 1. The van der Waals surface area contributed by atoms with Crippen LogP contribution in [0.1, 0.15) is 30.1 Å². The SMILES string of the molecule is CCC1CCN(CC(=O)c2ccc(O)cc2)C1. The van der Waals surface area contributed by atoms with Crippen LogP contribution in [0.4, 0.5) is 0 Å². The predicted octanol–water partition coefficient (Wildman–Crippen LogP) is 2.31. The highest BCUT2D eigenvalue weighted by Gasteiger charge is 2.22. The summed E-state index contributed by atoms with van der Waals surface area (Å²) in [5.41, 5.74) is 0.683. The standard InChI is InChI=1S/C14H19NO2/c1-2-11-7-8-15(9-11)10-14(17)12-3-5-13(16)6-4-12/h3-6,11,16H,2,7-10H2,1H3. The van der Waals surface area contributed by atoms with Crippen molar-refractivity contribution in [2.24, 2.45) is 5.92 Å². The molecule has 3 heteroatoms. The molecule has 17 heavy (non-hydrogen) atoms. The van der Waals surface area contributed by atoms with Gasteiger partial charge in [0, 0.05) is 12.1 Å². The topological polar surface area (TPSA) is 40.5 Å². The Morgan fingerprint density at radius 3 is 2.71 bits per heavy atom. The third-order valence-electron chi connectivity index (χ3n) is 3.50. The number of carbonyl (C=O) groups excluding carboxylic acids is 1. The van der Waals surface area contributed by atoms with Gasteiger partial charge in [-0.1, -0.05) is 13.3 Å². The molecule has 0 radical (unpaired) electrons. The van der Waals surface area contributed by atoms with Crippen LogP contribution in [0.25, 0.3) is 0 Å². The second kappa shape index (κ2) is 5.32. The lowest BCUT2D eigenvalue weighted by Crippen LogP contribution is -2.27. The molecule has 0 bridgehead atoms. The maximum Gasteiger partial charge on any atom is 0.176 e. The number of phenols is 1. The monoisotopic (exact) mass is 233 g/mol. The van der Waals surface area contributed by atoms with Gasteiger partial charge in [-0.2, -0.15) is 0 Å². The number of hydrogen-bond donors (Lipinski definition) is 1. The van der Waals surface area contributed by atoms with Gasteiger partial charge in [0.15, 0.2) is 5.78 Å². The van der Waals surface area contributed by atoms with E-state index >= 15 is 0 Å². The van der Waals surface area contributed by atoms with Crippen molar-refractivity contribution in [2.75, 3.05) is 19.6 Å². The summed E-state index contributed by atoms with van der Waals surface area (Å²) < 4.78 is 0. The zero-order valence-electron chi connectivity index (χ0n) is 10.2. The Hall–Kier alpha value is -1.35. The van der Waals surface area contributed by atoms with Crippen LogP contribution in [-0.4, -0.2) is 35.4 Å². The van der Waals surface area contributed by atoms with Gasteiger partial charge in [-0.15, -0.1) is 0 Å². The first-order valence-corrected chi connectivity index (χ1v) is 6.23. The minimum atomic E-state index is 0.141. The van der Waals surface area contributed by atoms with Crippen LogP contribution in [0.5, 0.6) is 5.75 Å². The maximum absolute atomic E-state index is 12.0. The van der Waals surface area contributed by atoms with Crippen molar-refractivity contribution in [2.45, 2.75) is 19.8 Å². The van der Waals surface area contributed by atoms with Gasteiger partial charge in [-0.05, 0) is 43.1 Å². The van der Waals surface area contributed by atoms with Gasteiger partial charge in [-0.25, -0.2) is 0 Å². The highest BCUT2D eigenvalue weighted by atomic mass is 16.3. The van der Waals surface area contributed by atoms with Crippen LogP contribution in [0, 0.1) is 5.92 Å². The molecule has 0 aliphatic carbocycles. The average Bonchev–Trinajstić information content (AvgIpc) is 2.77. The molecule has 1 aromatic carbocycles. The number of benzene rings is 1. The number of carbonyl (C=O) groups is 1. The number of rotatable bonds is 4. The lowest BCUT2D eigenvalue weighted by Gasteiger charge is -2.14. The number of aromatic hydroxyl groups is 1. The minimum Gasteiger partial charge on any atom is -0.508 e. The molecule has 0 amide bonds. The molecule has 1 atom stereocenters. The molecule has 1 saturated heterocycles. The third-order valence-corrected chi connectivity index (χ3v) is 3.50. The van der Waals surface area contributed by atoms with Gasteiger partial charge in [0.25, 0.3) is 0 Å². The van der Waals surface area contributed by atoms with Crippen molar-refractivity contribution in [3.63, 3.8) is 0 Å². The fourth-order valence-electron chi connectivity index (χ4n) is 2.33. The van der Waals surface area contributed by atoms with Crippen molar-refractivity contribution >= 4 is 5.78 Å². The average molecular weight is 233 g/mol. The van der Waals surface area contributed by atoms with Crippen LogP contribution in [0.2, 0.25) is 0 Å². The molecule has 1 aliphatic heterocycles. The van der Waals surface area contributed by atoms with Crippen LogP contribution in [0.15, 0.2) is 24.3 Å². The van der Waals surface area contributed by atoms with Gasteiger partial charge in [0.1, 0.15) is 5.75 Å². The fraction of sp³-hybridized carbons (Fsp3) is 0.500. The lowest BCUT2D eigenvalue weighted by atomic mass is 10.1. The van der Waals surface area contributed by atoms with Crippen molar-refractivity contribution in [1.29, 1.82) is 0 Å². The van der Waals surface area contributed by atoms with E-state index in [2.05, 4.69) is 11.8 Å². The smallest absolute Gasteiger partial charge is 0.176 e. The van der Waals surface area contributed by atoms with Gasteiger partial charge < -0.3 is 5.11 Å². The third kappa shape index (κ3) is 3.07. The highest BCUT2D eigenvalue weighted by Crippen LogP contribution is 2.19. The minimum absolute atomic E-state index is 0.141. The summed E-state index contributed by atoms with van der Waals surface area (Å²) in [5.74, 6) is 1.10. The summed E-state index contributed by atoms with van der Waals surface area (Å²) in [5, 5.41) is 9.17. The first-order chi connectivity index (χ1) is 8.19. The molecule has 1 N–H and O–H groups in total. The molecular formula is C14H19NO2. The quantitative estimate of drug-likeness (QED) is 0.811. The zero-order chi connectivity index (χ0) is 12.3. The number of hydrogen-bond acceptors (Lipinski definition) is 3. The predicted molar refractivity (Wildman–Crippen MR) is 67.3 cm³/mol. The van der Waals surface area contributed by atoms with E-state index in [1.54, 1.807) is 24.3 Å². The van der Waals surface area contributed by atoms with Crippen molar-refractivity contribution in [3.05, 3.63) is 29.8 Å². The Labute approximate surface area is 102 Å². The summed E-state index contributed by atoms with van der Waals surface area (Å²) in [6.45, 7) is 4.78. The van der Waals surface area contributed by atoms with E-state index in [-0.39, 0.29) is 11.5 Å². The van der Waals surface area contributed by atoms with Crippen LogP contribution < -0.4 is 0 Å². The number of ketones is 1. The maximum atomic E-state index is 12.0. The molecule has 92 valence electrons. The summed E-state index contributed by atoms with van der Waals surface area (Å²) in [6.07, 6.45) is 2.41. The Morgan fingerprint density at radius 2 is 2.12 bits per heavy atom. The molecule has 0 saturated carbocycles. The van der Waals surface area contributed by atoms with Crippen LogP contribution >= 0.6 is 0 Å². The van der Waals surface area contributed by atoms with E-state index < -0.39 is 0 Å². The Morgan fingerprint density at radius 1 is 1.41 bits per heavy atom. The van der Waals surface area contributed by atoms with Crippen molar-refractivity contribution in [1.82, 2.24) is 4.90 Å². The van der Waals surface area contributed by atoms with E-state index in [1.165, 1.54) is 12.8 Å². The van der Waals surface area contributed by atoms with E-state index in [4.69, 9.17) is 5.11 Å². The Balaban J connectivity index is 1.91.